The Balaban J connectivity index is 1.93. The van der Waals surface area contributed by atoms with E-state index in [1.54, 1.807) is 12.3 Å². The summed E-state index contributed by atoms with van der Waals surface area (Å²) in [5, 5.41) is 3.33. The molecular weight excluding hydrogens is 306 g/mol. The summed E-state index contributed by atoms with van der Waals surface area (Å²) in [5.41, 5.74) is 7.57. The highest BCUT2D eigenvalue weighted by Gasteiger charge is 2.10. The standard InChI is InChI=1S/C15H12F2N4S/c1-8-14(22-15(18)20-8)9-4-5-19-13(6-9)21-12-3-2-10(16)7-11(12)17/h2-7H,1H3,(H2,18,20)(H,19,21). The molecule has 0 atom stereocenters. The second-order valence-corrected chi connectivity index (χ2v) is 5.68. The van der Waals surface area contributed by atoms with E-state index in [0.29, 0.717) is 10.9 Å². The smallest absolute Gasteiger partial charge is 0.180 e. The van der Waals surface area contributed by atoms with Crippen LogP contribution in [0.5, 0.6) is 0 Å². The van der Waals surface area contributed by atoms with Crippen molar-refractivity contribution in [1.29, 1.82) is 0 Å². The molecule has 0 aliphatic carbocycles. The number of anilines is 3. The van der Waals surface area contributed by atoms with Gasteiger partial charge in [0.25, 0.3) is 0 Å². The van der Waals surface area contributed by atoms with Gasteiger partial charge in [0, 0.05) is 12.3 Å². The van der Waals surface area contributed by atoms with Crippen LogP contribution in [0.25, 0.3) is 10.4 Å². The highest BCUT2D eigenvalue weighted by molar-refractivity contribution is 7.18. The molecule has 0 aliphatic heterocycles. The number of halogens is 2. The van der Waals surface area contributed by atoms with E-state index in [4.69, 9.17) is 5.73 Å². The van der Waals surface area contributed by atoms with E-state index in [-0.39, 0.29) is 5.69 Å². The van der Waals surface area contributed by atoms with Crippen LogP contribution in [-0.2, 0) is 0 Å². The molecule has 0 fully saturated rings. The first-order valence-electron chi connectivity index (χ1n) is 6.44. The number of pyridine rings is 1. The van der Waals surface area contributed by atoms with Crippen molar-refractivity contribution in [3.05, 3.63) is 53.9 Å². The molecule has 3 aromatic rings. The number of hydrogen-bond donors (Lipinski definition) is 2. The Bertz CT molecular complexity index is 832. The summed E-state index contributed by atoms with van der Waals surface area (Å²) in [7, 11) is 0. The van der Waals surface area contributed by atoms with Gasteiger partial charge in [-0.2, -0.15) is 0 Å². The third-order valence-corrected chi connectivity index (χ3v) is 4.06. The van der Waals surface area contributed by atoms with Gasteiger partial charge in [-0.05, 0) is 36.8 Å². The predicted octanol–water partition coefficient (Wildman–Crippen LogP) is 4.12. The molecule has 0 unspecified atom stereocenters. The van der Waals surface area contributed by atoms with E-state index in [9.17, 15) is 8.78 Å². The lowest BCUT2D eigenvalue weighted by Gasteiger charge is -2.08. The lowest BCUT2D eigenvalue weighted by Crippen LogP contribution is -1.97. The zero-order valence-electron chi connectivity index (χ0n) is 11.6. The Morgan fingerprint density at radius 1 is 1.18 bits per heavy atom. The van der Waals surface area contributed by atoms with Crippen LogP contribution >= 0.6 is 11.3 Å². The SMILES string of the molecule is Cc1nc(N)sc1-c1ccnc(Nc2ccc(F)cc2F)c1. The van der Waals surface area contributed by atoms with Gasteiger partial charge in [-0.25, -0.2) is 18.7 Å². The van der Waals surface area contributed by atoms with Crippen LogP contribution in [0.1, 0.15) is 5.69 Å². The van der Waals surface area contributed by atoms with Crippen molar-refractivity contribution in [2.45, 2.75) is 6.92 Å². The number of nitrogens with zero attached hydrogens (tertiary/aromatic N) is 2. The monoisotopic (exact) mass is 318 g/mol. The zero-order valence-corrected chi connectivity index (χ0v) is 12.4. The minimum absolute atomic E-state index is 0.159. The number of aryl methyl sites for hydroxylation is 1. The first-order chi connectivity index (χ1) is 10.5. The summed E-state index contributed by atoms with van der Waals surface area (Å²) in [6.45, 7) is 1.87. The maximum absolute atomic E-state index is 13.7. The molecule has 7 heteroatoms. The maximum Gasteiger partial charge on any atom is 0.180 e. The van der Waals surface area contributed by atoms with Crippen LogP contribution in [0.15, 0.2) is 36.5 Å². The van der Waals surface area contributed by atoms with Gasteiger partial charge < -0.3 is 11.1 Å². The van der Waals surface area contributed by atoms with Gasteiger partial charge in [0.1, 0.15) is 17.5 Å². The molecule has 0 aliphatic rings. The number of rotatable bonds is 3. The van der Waals surface area contributed by atoms with Gasteiger partial charge in [0.2, 0.25) is 0 Å². The van der Waals surface area contributed by atoms with Crippen LogP contribution in [-0.4, -0.2) is 9.97 Å². The number of nitrogens with one attached hydrogen (secondary N) is 1. The first kappa shape index (κ1) is 14.4. The molecule has 0 radical (unpaired) electrons. The number of aromatic nitrogens is 2. The Hall–Kier alpha value is -2.54. The molecule has 0 amide bonds. The first-order valence-corrected chi connectivity index (χ1v) is 7.26. The minimum atomic E-state index is -0.676. The van der Waals surface area contributed by atoms with Crippen molar-refractivity contribution in [2.75, 3.05) is 11.1 Å². The topological polar surface area (TPSA) is 63.8 Å². The molecule has 1 aromatic carbocycles. The van der Waals surface area contributed by atoms with E-state index in [2.05, 4.69) is 15.3 Å². The van der Waals surface area contributed by atoms with Crippen LogP contribution in [0.3, 0.4) is 0 Å². The van der Waals surface area contributed by atoms with Gasteiger partial charge in [0.15, 0.2) is 5.13 Å². The maximum atomic E-state index is 13.7. The molecule has 2 aromatic heterocycles. The fraction of sp³-hybridized carbons (Fsp3) is 0.0667. The fourth-order valence-electron chi connectivity index (χ4n) is 2.05. The number of thiazole rings is 1. The lowest BCUT2D eigenvalue weighted by molar-refractivity contribution is 0.586. The summed E-state index contributed by atoms with van der Waals surface area (Å²) < 4.78 is 26.6. The van der Waals surface area contributed by atoms with Gasteiger partial charge in [-0.3, -0.25) is 0 Å². The second-order valence-electron chi connectivity index (χ2n) is 4.65. The van der Waals surface area contributed by atoms with Gasteiger partial charge in [-0.1, -0.05) is 11.3 Å². The van der Waals surface area contributed by atoms with E-state index in [1.807, 2.05) is 13.0 Å². The van der Waals surface area contributed by atoms with Crippen LogP contribution in [0.2, 0.25) is 0 Å². The van der Waals surface area contributed by atoms with Crippen LogP contribution in [0.4, 0.5) is 25.4 Å². The molecule has 0 saturated heterocycles. The van der Waals surface area contributed by atoms with Crippen molar-refractivity contribution in [2.24, 2.45) is 0 Å². The quantitative estimate of drug-likeness (QED) is 0.762. The number of benzene rings is 1. The van der Waals surface area contributed by atoms with Gasteiger partial charge in [0.05, 0.1) is 16.3 Å². The van der Waals surface area contributed by atoms with E-state index in [0.717, 1.165) is 22.2 Å². The Morgan fingerprint density at radius 3 is 2.68 bits per heavy atom. The molecule has 0 bridgehead atoms. The highest BCUT2D eigenvalue weighted by Crippen LogP contribution is 2.32. The third kappa shape index (κ3) is 2.89. The largest absolute Gasteiger partial charge is 0.375 e. The molecule has 0 saturated carbocycles. The van der Waals surface area contributed by atoms with Crippen molar-refractivity contribution in [3.63, 3.8) is 0 Å². The minimum Gasteiger partial charge on any atom is -0.375 e. The molecule has 2 heterocycles. The number of nitrogen functional groups attached to an aromatic ring is 1. The molecule has 112 valence electrons. The van der Waals surface area contributed by atoms with Crippen LogP contribution < -0.4 is 11.1 Å². The summed E-state index contributed by atoms with van der Waals surface area (Å²) in [5.74, 6) is -0.847. The number of hydrogen-bond acceptors (Lipinski definition) is 5. The van der Waals surface area contributed by atoms with E-state index >= 15 is 0 Å². The molecule has 22 heavy (non-hydrogen) atoms. The van der Waals surface area contributed by atoms with Gasteiger partial charge >= 0.3 is 0 Å². The Labute approximate surface area is 129 Å². The average Bonchev–Trinajstić information content (AvgIpc) is 2.81. The van der Waals surface area contributed by atoms with Crippen LogP contribution in [0, 0.1) is 18.6 Å². The van der Waals surface area contributed by atoms with Crippen molar-refractivity contribution >= 4 is 28.0 Å². The Kier molecular flexibility index (Phi) is 3.72. The summed E-state index contributed by atoms with van der Waals surface area (Å²) in [4.78, 5) is 9.25. The van der Waals surface area contributed by atoms with Crippen molar-refractivity contribution in [3.8, 4) is 10.4 Å². The number of nitrogens with two attached hydrogens (primary N) is 1. The average molecular weight is 318 g/mol. The summed E-state index contributed by atoms with van der Waals surface area (Å²) in [6, 6.07) is 6.92. The third-order valence-electron chi connectivity index (χ3n) is 3.03. The lowest BCUT2D eigenvalue weighted by atomic mass is 10.2. The molecule has 3 rings (SSSR count). The molecule has 3 N–H and O–H groups in total. The van der Waals surface area contributed by atoms with E-state index < -0.39 is 11.6 Å². The van der Waals surface area contributed by atoms with Crippen molar-refractivity contribution < 1.29 is 8.78 Å². The Morgan fingerprint density at radius 2 is 2.00 bits per heavy atom. The summed E-state index contributed by atoms with van der Waals surface area (Å²) in [6.07, 6.45) is 1.61. The fourth-order valence-corrected chi connectivity index (χ4v) is 2.88. The summed E-state index contributed by atoms with van der Waals surface area (Å²) >= 11 is 1.38. The van der Waals surface area contributed by atoms with E-state index in [1.165, 1.54) is 23.5 Å². The second kappa shape index (κ2) is 5.69. The highest BCUT2D eigenvalue weighted by atomic mass is 32.1. The van der Waals surface area contributed by atoms with Gasteiger partial charge in [-0.15, -0.1) is 0 Å². The normalized spacial score (nSPS) is 10.7. The molecule has 4 nitrogen and oxygen atoms in total. The molecular formula is C15H12F2N4S. The predicted molar refractivity (Wildman–Crippen MR) is 84.1 cm³/mol. The molecule has 0 spiro atoms. The van der Waals surface area contributed by atoms with Crippen molar-refractivity contribution in [1.82, 2.24) is 9.97 Å². The zero-order chi connectivity index (χ0) is 15.7.